The van der Waals surface area contributed by atoms with E-state index in [2.05, 4.69) is 47.5 Å². The molecule has 0 heterocycles. The van der Waals surface area contributed by atoms with E-state index >= 15 is 0 Å². The molecule has 458 valence electrons. The molecular formula is C49H86N16O16. The molecule has 32 heteroatoms. The Morgan fingerprint density at radius 2 is 0.617 bits per heavy atom. The fourth-order valence-corrected chi connectivity index (χ4v) is 7.69. The third-order valence-electron chi connectivity index (χ3n) is 11.8. The van der Waals surface area contributed by atoms with Crippen LogP contribution in [0.4, 0.5) is 0 Å². The molecule has 0 saturated carbocycles. The molecular weight excluding hydrogens is 1070 g/mol. The van der Waals surface area contributed by atoms with Crippen molar-refractivity contribution in [2.24, 2.45) is 62.9 Å². The SMILES string of the molecule is CC(C)C[C@H](NC(=O)[C@H](CCC(N)=O)NC(=O)[C@H](CCC(N)=O)NC(=O)[C@H](CC(C)C)NC(=O)[C@H](CCC(N)=O)NC(=O)[C@H](CCC(=O)O)NC(=O)[C@H](CCCN=C(N)N)NC(=O)[C@H](CC(C)C)NC(=O)[C@@H](N)CCC(N)=O)C(=O)O. The van der Waals surface area contributed by atoms with Crippen molar-refractivity contribution in [3.63, 3.8) is 0 Å². The molecule has 0 aliphatic carbocycles. The number of nitrogens with two attached hydrogens (primary N) is 7. The summed E-state index contributed by atoms with van der Waals surface area (Å²) in [6.45, 7) is 10.1. The third kappa shape index (κ3) is 32.5. The Kier molecular flexibility index (Phi) is 33.8. The van der Waals surface area contributed by atoms with Crippen LogP contribution in [0.15, 0.2) is 4.99 Å². The molecule has 0 rings (SSSR count). The molecule has 0 aliphatic rings. The highest BCUT2D eigenvalue weighted by atomic mass is 16.4. The summed E-state index contributed by atoms with van der Waals surface area (Å²) in [5.74, 6) is -15.6. The number of guanidine groups is 1. The van der Waals surface area contributed by atoms with Crippen LogP contribution in [-0.4, -0.2) is 160 Å². The number of carboxylic acids is 2. The number of aliphatic imine (C=N–C) groups is 1. The Morgan fingerprint density at radius 1 is 0.358 bits per heavy atom. The topological polar surface area (TPSA) is 570 Å². The van der Waals surface area contributed by atoms with E-state index in [1.807, 2.05) is 0 Å². The first-order valence-corrected chi connectivity index (χ1v) is 26.4. The van der Waals surface area contributed by atoms with Crippen molar-refractivity contribution in [1.29, 1.82) is 0 Å². The van der Waals surface area contributed by atoms with E-state index in [1.54, 1.807) is 41.5 Å². The maximum atomic E-state index is 14.2. The maximum absolute atomic E-state index is 14.2. The van der Waals surface area contributed by atoms with E-state index in [0.29, 0.717) is 0 Å². The van der Waals surface area contributed by atoms with Crippen LogP contribution >= 0.6 is 0 Å². The first-order valence-electron chi connectivity index (χ1n) is 26.4. The van der Waals surface area contributed by atoms with Gasteiger partial charge in [-0.2, -0.15) is 0 Å². The molecule has 0 fully saturated rings. The number of carbonyl (C=O) groups excluding carboxylic acids is 12. The van der Waals surface area contributed by atoms with Gasteiger partial charge in [-0.05, 0) is 82.0 Å². The van der Waals surface area contributed by atoms with Crippen LogP contribution in [0.5, 0.6) is 0 Å². The summed E-state index contributed by atoms with van der Waals surface area (Å²) in [5.41, 5.74) is 38.1. The number of hydrogen-bond donors (Lipinski definition) is 17. The van der Waals surface area contributed by atoms with Crippen LogP contribution in [-0.2, 0) is 67.1 Å². The molecule has 0 aromatic rings. The molecule has 32 nitrogen and oxygen atoms in total. The van der Waals surface area contributed by atoms with Gasteiger partial charge in [-0.15, -0.1) is 0 Å². The van der Waals surface area contributed by atoms with Crippen molar-refractivity contribution in [3.05, 3.63) is 0 Å². The van der Waals surface area contributed by atoms with Gasteiger partial charge in [0.2, 0.25) is 70.9 Å². The lowest BCUT2D eigenvalue weighted by molar-refractivity contribution is -0.143. The van der Waals surface area contributed by atoms with Gasteiger partial charge >= 0.3 is 11.9 Å². The van der Waals surface area contributed by atoms with Crippen LogP contribution in [0.1, 0.15) is 138 Å². The fourth-order valence-electron chi connectivity index (χ4n) is 7.69. The molecule has 9 atom stereocenters. The molecule has 0 aliphatic heterocycles. The first kappa shape index (κ1) is 72.8. The number of primary amides is 4. The van der Waals surface area contributed by atoms with Crippen molar-refractivity contribution in [1.82, 2.24) is 42.5 Å². The average molecular weight is 1160 g/mol. The highest BCUT2D eigenvalue weighted by Gasteiger charge is 2.36. The lowest BCUT2D eigenvalue weighted by atomic mass is 10.00. The van der Waals surface area contributed by atoms with Crippen LogP contribution in [0, 0.1) is 17.8 Å². The molecule has 0 saturated heterocycles. The minimum atomic E-state index is -1.78. The number of nitrogens with zero attached hydrogens (tertiary/aromatic N) is 1. The molecule has 0 bridgehead atoms. The van der Waals surface area contributed by atoms with Crippen LogP contribution in [0.2, 0.25) is 0 Å². The smallest absolute Gasteiger partial charge is 0.326 e. The molecule has 0 unspecified atom stereocenters. The van der Waals surface area contributed by atoms with Gasteiger partial charge in [0.1, 0.15) is 48.3 Å². The van der Waals surface area contributed by atoms with Crippen LogP contribution in [0.3, 0.4) is 0 Å². The summed E-state index contributed by atoms with van der Waals surface area (Å²) >= 11 is 0. The van der Waals surface area contributed by atoms with Gasteiger partial charge in [0.05, 0.1) is 6.04 Å². The number of hydrogen-bond acceptors (Lipinski definition) is 16. The quantitative estimate of drug-likeness (QED) is 0.0154. The average Bonchev–Trinajstić information content (AvgIpc) is 3.34. The summed E-state index contributed by atoms with van der Waals surface area (Å²) in [6.07, 6.45) is -4.96. The van der Waals surface area contributed by atoms with Gasteiger partial charge in [0.25, 0.3) is 0 Å². The first-order chi connectivity index (χ1) is 37.6. The minimum Gasteiger partial charge on any atom is -0.481 e. The molecule has 24 N–H and O–H groups in total. The van der Waals surface area contributed by atoms with Gasteiger partial charge in [-0.3, -0.25) is 67.3 Å². The molecule has 0 aromatic carbocycles. The Morgan fingerprint density at radius 3 is 0.914 bits per heavy atom. The molecule has 12 amide bonds. The maximum Gasteiger partial charge on any atom is 0.326 e. The second-order valence-electron chi connectivity index (χ2n) is 20.7. The van der Waals surface area contributed by atoms with Gasteiger partial charge in [-0.1, -0.05) is 41.5 Å². The molecule has 0 spiro atoms. The Balaban J connectivity index is 7.07. The van der Waals surface area contributed by atoms with Gasteiger partial charge in [0.15, 0.2) is 5.96 Å². The van der Waals surface area contributed by atoms with Gasteiger partial charge in [0, 0.05) is 38.6 Å². The van der Waals surface area contributed by atoms with E-state index in [9.17, 15) is 77.3 Å². The van der Waals surface area contributed by atoms with Crippen molar-refractivity contribution in [2.45, 2.75) is 192 Å². The van der Waals surface area contributed by atoms with Crippen molar-refractivity contribution < 1.29 is 77.3 Å². The minimum absolute atomic E-state index is 0.0117. The zero-order valence-electron chi connectivity index (χ0n) is 46.8. The zero-order valence-corrected chi connectivity index (χ0v) is 46.8. The molecule has 0 radical (unpaired) electrons. The van der Waals surface area contributed by atoms with Crippen molar-refractivity contribution >= 4 is 88.8 Å². The van der Waals surface area contributed by atoms with E-state index in [4.69, 9.17) is 40.1 Å². The monoisotopic (exact) mass is 1150 g/mol. The van der Waals surface area contributed by atoms with Crippen LogP contribution in [0.25, 0.3) is 0 Å². The standard InChI is InChI=1S/C49H86N16O16/c1-23(2)20-32(63-40(72)26(50)9-14-35(51)66)46(78)58-27(8-7-19-57-49(55)56)41(73)61-31(13-18-39(70)71)43(75)59-29(11-16-37(53)68)44(76)64-33(21-24(3)4)47(79)62-28(10-15-36(52)67)42(74)60-30(12-17-38(54)69)45(77)65-34(48(80)81)22-25(5)6/h23-34H,7-22,50H2,1-6H3,(H2,51,66)(H2,52,67)(H2,53,68)(H2,54,69)(H,58,78)(H,59,75)(H,60,74)(H,61,73)(H,62,79)(H,63,72)(H,64,76)(H,65,77)(H,70,71)(H,80,81)(H4,55,56,57)/t26-,27-,28-,29-,30-,31-,32-,33-,34-/m0/s1. The Hall–Kier alpha value is -8.19. The second kappa shape index (κ2) is 37.6. The lowest BCUT2D eigenvalue weighted by Gasteiger charge is -2.28. The second-order valence-corrected chi connectivity index (χ2v) is 20.7. The van der Waals surface area contributed by atoms with E-state index < -0.39 is 194 Å². The molecule has 81 heavy (non-hydrogen) atoms. The summed E-state index contributed by atoms with van der Waals surface area (Å²) in [6, 6.07) is -13.8. The van der Waals surface area contributed by atoms with E-state index in [-0.39, 0.29) is 69.3 Å². The predicted octanol–water partition coefficient (Wildman–Crippen LogP) is -5.60. The number of carbonyl (C=O) groups is 14. The Labute approximate surface area is 469 Å². The largest absolute Gasteiger partial charge is 0.481 e. The summed E-state index contributed by atoms with van der Waals surface area (Å²) in [7, 11) is 0. The molecule has 0 aromatic heterocycles. The normalized spacial score (nSPS) is 14.4. The number of rotatable bonds is 42. The number of aliphatic carboxylic acids is 2. The highest BCUT2D eigenvalue weighted by Crippen LogP contribution is 2.13. The predicted molar refractivity (Wildman–Crippen MR) is 290 cm³/mol. The highest BCUT2D eigenvalue weighted by molar-refractivity contribution is 5.98. The van der Waals surface area contributed by atoms with Crippen LogP contribution < -0.4 is 82.7 Å². The third-order valence-corrected chi connectivity index (χ3v) is 11.8. The van der Waals surface area contributed by atoms with Gasteiger partial charge in [-0.25, -0.2) is 4.79 Å². The number of nitrogens with one attached hydrogen (secondary N) is 8. The lowest BCUT2D eigenvalue weighted by Crippen LogP contribution is -2.60. The van der Waals surface area contributed by atoms with E-state index in [1.165, 1.54) is 0 Å². The number of carboxylic acid groups (broad SMARTS) is 2. The van der Waals surface area contributed by atoms with Crippen molar-refractivity contribution in [3.8, 4) is 0 Å². The summed E-state index contributed by atoms with van der Waals surface area (Å²) < 4.78 is 0. The summed E-state index contributed by atoms with van der Waals surface area (Å²) in [5, 5.41) is 38.7. The number of amides is 12. The fraction of sp³-hybridized carbons (Fsp3) is 0.694. The van der Waals surface area contributed by atoms with E-state index in [0.717, 1.165) is 0 Å². The zero-order chi connectivity index (χ0) is 62.3. The van der Waals surface area contributed by atoms with Gasteiger partial charge < -0.3 is 92.9 Å². The van der Waals surface area contributed by atoms with Crippen molar-refractivity contribution in [2.75, 3.05) is 6.54 Å². The summed E-state index contributed by atoms with van der Waals surface area (Å²) in [4.78, 5) is 185. The Bertz CT molecular complexity index is 2240.